The standard InChI is InChI=1S/C12H11N3O4/c1-18-9-2-3-11(15(16)17)12(5-9)19-10-4-8(13)6-14-7-10/h2-7H,13H2,1H3. The molecule has 0 aliphatic carbocycles. The van der Waals surface area contributed by atoms with Crippen LogP contribution in [0.3, 0.4) is 0 Å². The minimum absolute atomic E-state index is 0.0664. The summed E-state index contributed by atoms with van der Waals surface area (Å²) in [5.74, 6) is 0.838. The molecule has 19 heavy (non-hydrogen) atoms. The lowest BCUT2D eigenvalue weighted by Crippen LogP contribution is -1.95. The Hall–Kier alpha value is -2.83. The molecule has 0 amide bonds. The zero-order chi connectivity index (χ0) is 13.8. The summed E-state index contributed by atoms with van der Waals surface area (Å²) in [6.45, 7) is 0. The van der Waals surface area contributed by atoms with Crippen molar-refractivity contribution >= 4 is 11.4 Å². The van der Waals surface area contributed by atoms with E-state index in [4.69, 9.17) is 15.2 Å². The molecule has 1 aromatic carbocycles. The van der Waals surface area contributed by atoms with E-state index in [0.717, 1.165) is 0 Å². The number of hydrogen-bond donors (Lipinski definition) is 1. The van der Waals surface area contributed by atoms with E-state index < -0.39 is 4.92 Å². The molecule has 2 aromatic rings. The van der Waals surface area contributed by atoms with Gasteiger partial charge >= 0.3 is 5.69 Å². The number of nitro groups is 1. The lowest BCUT2D eigenvalue weighted by molar-refractivity contribution is -0.385. The Labute approximate surface area is 108 Å². The number of hydrogen-bond acceptors (Lipinski definition) is 6. The van der Waals surface area contributed by atoms with Crippen molar-refractivity contribution in [2.24, 2.45) is 0 Å². The maximum Gasteiger partial charge on any atom is 0.311 e. The second-order valence-electron chi connectivity index (χ2n) is 3.65. The van der Waals surface area contributed by atoms with Gasteiger partial charge < -0.3 is 15.2 Å². The Balaban J connectivity index is 2.39. The van der Waals surface area contributed by atoms with Crippen molar-refractivity contribution in [3.8, 4) is 17.2 Å². The average Bonchev–Trinajstić information content (AvgIpc) is 2.38. The van der Waals surface area contributed by atoms with Gasteiger partial charge in [0, 0.05) is 18.2 Å². The molecule has 0 radical (unpaired) electrons. The van der Waals surface area contributed by atoms with E-state index in [9.17, 15) is 10.1 Å². The molecule has 1 heterocycles. The zero-order valence-corrected chi connectivity index (χ0v) is 10.1. The summed E-state index contributed by atoms with van der Waals surface area (Å²) < 4.78 is 10.4. The van der Waals surface area contributed by atoms with Gasteiger partial charge in [0.15, 0.2) is 0 Å². The molecule has 0 aliphatic heterocycles. The van der Waals surface area contributed by atoms with Crippen LogP contribution < -0.4 is 15.2 Å². The van der Waals surface area contributed by atoms with Crippen molar-refractivity contribution in [3.63, 3.8) is 0 Å². The molecule has 0 spiro atoms. The predicted octanol–water partition coefficient (Wildman–Crippen LogP) is 2.37. The number of rotatable bonds is 4. The Morgan fingerprint density at radius 1 is 1.26 bits per heavy atom. The van der Waals surface area contributed by atoms with Crippen LogP contribution in [-0.2, 0) is 0 Å². The molecular formula is C12H11N3O4. The highest BCUT2D eigenvalue weighted by Crippen LogP contribution is 2.34. The first kappa shape index (κ1) is 12.6. The lowest BCUT2D eigenvalue weighted by atomic mass is 10.3. The monoisotopic (exact) mass is 261 g/mol. The summed E-state index contributed by atoms with van der Waals surface area (Å²) in [6.07, 6.45) is 2.87. The molecule has 0 fully saturated rings. The number of pyridine rings is 1. The van der Waals surface area contributed by atoms with Gasteiger partial charge in [0.1, 0.15) is 11.5 Å². The third-order valence-corrected chi connectivity index (χ3v) is 2.33. The molecule has 0 saturated carbocycles. The number of nitro benzene ring substituents is 1. The van der Waals surface area contributed by atoms with Crippen LogP contribution in [0.15, 0.2) is 36.7 Å². The van der Waals surface area contributed by atoms with Crippen LogP contribution in [0, 0.1) is 10.1 Å². The molecular weight excluding hydrogens is 250 g/mol. The SMILES string of the molecule is COc1ccc([N+](=O)[O-])c(Oc2cncc(N)c2)c1. The number of nitrogens with zero attached hydrogens (tertiary/aromatic N) is 2. The second-order valence-corrected chi connectivity index (χ2v) is 3.65. The van der Waals surface area contributed by atoms with Gasteiger partial charge in [0.2, 0.25) is 5.75 Å². The summed E-state index contributed by atoms with van der Waals surface area (Å²) in [5.41, 5.74) is 5.81. The van der Waals surface area contributed by atoms with Crippen molar-refractivity contribution < 1.29 is 14.4 Å². The van der Waals surface area contributed by atoms with Crippen LogP contribution in [0.4, 0.5) is 11.4 Å². The Kier molecular flexibility index (Phi) is 3.46. The first-order chi connectivity index (χ1) is 9.10. The van der Waals surface area contributed by atoms with E-state index in [1.165, 1.54) is 43.8 Å². The molecule has 2 rings (SSSR count). The highest BCUT2D eigenvalue weighted by molar-refractivity contribution is 5.53. The van der Waals surface area contributed by atoms with Gasteiger partial charge in [-0.3, -0.25) is 15.1 Å². The summed E-state index contributed by atoms with van der Waals surface area (Å²) in [7, 11) is 1.47. The number of anilines is 1. The summed E-state index contributed by atoms with van der Waals surface area (Å²) in [5, 5.41) is 10.9. The normalized spacial score (nSPS) is 9.95. The fourth-order valence-electron chi connectivity index (χ4n) is 1.47. The first-order valence-electron chi connectivity index (χ1n) is 5.31. The number of nitrogen functional groups attached to an aromatic ring is 1. The molecule has 0 atom stereocenters. The van der Waals surface area contributed by atoms with Gasteiger partial charge in [-0.1, -0.05) is 0 Å². The number of ether oxygens (including phenoxy) is 2. The topological polar surface area (TPSA) is 101 Å². The number of methoxy groups -OCH3 is 1. The summed E-state index contributed by atoms with van der Waals surface area (Å²) in [6, 6.07) is 5.76. The van der Waals surface area contributed by atoms with Gasteiger partial charge in [-0.25, -0.2) is 0 Å². The predicted molar refractivity (Wildman–Crippen MR) is 68.4 cm³/mol. The van der Waals surface area contributed by atoms with Gasteiger partial charge in [-0.2, -0.15) is 0 Å². The third-order valence-electron chi connectivity index (χ3n) is 2.33. The second kappa shape index (κ2) is 5.21. The van der Waals surface area contributed by atoms with E-state index in [0.29, 0.717) is 17.2 Å². The fourth-order valence-corrected chi connectivity index (χ4v) is 1.47. The van der Waals surface area contributed by atoms with E-state index in [1.807, 2.05) is 0 Å². The largest absolute Gasteiger partial charge is 0.497 e. The fraction of sp³-hybridized carbons (Fsp3) is 0.0833. The van der Waals surface area contributed by atoms with E-state index in [-0.39, 0.29) is 11.4 Å². The van der Waals surface area contributed by atoms with Gasteiger partial charge in [-0.15, -0.1) is 0 Å². The Morgan fingerprint density at radius 3 is 2.68 bits per heavy atom. The van der Waals surface area contributed by atoms with Crippen molar-refractivity contribution in [2.45, 2.75) is 0 Å². The molecule has 7 heteroatoms. The van der Waals surface area contributed by atoms with Gasteiger partial charge in [0.25, 0.3) is 0 Å². The molecule has 0 aliphatic rings. The van der Waals surface area contributed by atoms with Crippen LogP contribution in [0.1, 0.15) is 0 Å². The average molecular weight is 261 g/mol. The van der Waals surface area contributed by atoms with Crippen molar-refractivity contribution in [3.05, 3.63) is 46.8 Å². The molecule has 7 nitrogen and oxygen atoms in total. The lowest BCUT2D eigenvalue weighted by Gasteiger charge is -2.08. The molecule has 1 aromatic heterocycles. The number of nitrogens with two attached hydrogens (primary N) is 1. The minimum Gasteiger partial charge on any atom is -0.497 e. The number of benzene rings is 1. The third kappa shape index (κ3) is 2.89. The highest BCUT2D eigenvalue weighted by Gasteiger charge is 2.17. The Bertz CT molecular complexity index is 616. The molecule has 0 unspecified atom stereocenters. The molecule has 0 bridgehead atoms. The van der Waals surface area contributed by atoms with E-state index >= 15 is 0 Å². The maximum atomic E-state index is 10.9. The number of aromatic nitrogens is 1. The minimum atomic E-state index is -0.533. The highest BCUT2D eigenvalue weighted by atomic mass is 16.6. The van der Waals surface area contributed by atoms with Gasteiger partial charge in [0.05, 0.1) is 30.1 Å². The van der Waals surface area contributed by atoms with Crippen LogP contribution in [0.25, 0.3) is 0 Å². The maximum absolute atomic E-state index is 10.9. The molecule has 98 valence electrons. The summed E-state index contributed by atoms with van der Waals surface area (Å²) in [4.78, 5) is 14.2. The van der Waals surface area contributed by atoms with Crippen LogP contribution in [0.2, 0.25) is 0 Å². The quantitative estimate of drug-likeness (QED) is 0.669. The van der Waals surface area contributed by atoms with Crippen LogP contribution >= 0.6 is 0 Å². The van der Waals surface area contributed by atoms with Crippen LogP contribution in [-0.4, -0.2) is 17.0 Å². The van der Waals surface area contributed by atoms with E-state index in [1.54, 1.807) is 0 Å². The zero-order valence-electron chi connectivity index (χ0n) is 10.1. The van der Waals surface area contributed by atoms with Crippen molar-refractivity contribution in [1.29, 1.82) is 0 Å². The summed E-state index contributed by atoms with van der Waals surface area (Å²) >= 11 is 0. The van der Waals surface area contributed by atoms with Crippen molar-refractivity contribution in [1.82, 2.24) is 4.98 Å². The molecule has 2 N–H and O–H groups in total. The van der Waals surface area contributed by atoms with Crippen molar-refractivity contribution in [2.75, 3.05) is 12.8 Å². The molecule has 0 saturated heterocycles. The first-order valence-corrected chi connectivity index (χ1v) is 5.31. The van der Waals surface area contributed by atoms with Crippen LogP contribution in [0.5, 0.6) is 17.2 Å². The Morgan fingerprint density at radius 2 is 2.05 bits per heavy atom. The smallest absolute Gasteiger partial charge is 0.311 e. The van der Waals surface area contributed by atoms with E-state index in [2.05, 4.69) is 4.98 Å². The van der Waals surface area contributed by atoms with Gasteiger partial charge in [-0.05, 0) is 6.07 Å².